The fourth-order valence-electron chi connectivity index (χ4n) is 9.73. The van der Waals surface area contributed by atoms with Crippen LogP contribution in [0.5, 0.6) is 17.2 Å². The van der Waals surface area contributed by atoms with Gasteiger partial charge in [-0.25, -0.2) is 9.37 Å². The van der Waals surface area contributed by atoms with Crippen molar-refractivity contribution in [2.75, 3.05) is 55.5 Å². The molecule has 0 spiro atoms. The Kier molecular flexibility index (Phi) is 16.0. The Labute approximate surface area is 444 Å². The number of halogens is 1. The van der Waals surface area contributed by atoms with Crippen LogP contribution in [0.2, 0.25) is 0 Å². The molecule has 2 saturated heterocycles. The number of carbonyl (C=O) groups is 5. The van der Waals surface area contributed by atoms with Crippen LogP contribution in [0, 0.1) is 29.5 Å². The quantitative estimate of drug-likeness (QED) is 0.0518. The number of hydrogen-bond acceptors (Lipinski definition) is 13. The number of ether oxygens (including phenoxy) is 3. The van der Waals surface area contributed by atoms with Crippen LogP contribution in [0.3, 0.4) is 0 Å². The van der Waals surface area contributed by atoms with Gasteiger partial charge >= 0.3 is 0 Å². The van der Waals surface area contributed by atoms with Gasteiger partial charge in [-0.2, -0.15) is 0 Å². The first-order valence-corrected chi connectivity index (χ1v) is 26.4. The van der Waals surface area contributed by atoms with Gasteiger partial charge in [-0.05, 0) is 122 Å². The molecule has 0 radical (unpaired) electrons. The highest BCUT2D eigenvalue weighted by molar-refractivity contribution is 7.13. The van der Waals surface area contributed by atoms with Gasteiger partial charge in [0.05, 0.1) is 47.1 Å². The highest BCUT2D eigenvalue weighted by Gasteiger charge is 2.56. The minimum atomic E-state index is -1.20. The summed E-state index contributed by atoms with van der Waals surface area (Å²) in [7, 11) is 1.62. The van der Waals surface area contributed by atoms with E-state index in [4.69, 9.17) is 14.2 Å². The number of piperidine rings is 1. The van der Waals surface area contributed by atoms with Gasteiger partial charge in [-0.1, -0.05) is 45.0 Å². The number of methoxy groups -OCH3 is 1. The van der Waals surface area contributed by atoms with Gasteiger partial charge < -0.3 is 50.4 Å². The molecule has 4 aromatic carbocycles. The van der Waals surface area contributed by atoms with Crippen molar-refractivity contribution < 1.29 is 47.7 Å². The smallest absolute Gasteiger partial charge is 0.246 e. The summed E-state index contributed by atoms with van der Waals surface area (Å²) in [5.74, 6) is -0.636. The van der Waals surface area contributed by atoms with E-state index in [-0.39, 0.29) is 37.9 Å². The molecule has 2 aliphatic heterocycles. The molecular weight excluding hydrogens is 992 g/mol. The predicted octanol–water partition coefficient (Wildman–Crippen LogP) is 8.01. The lowest BCUT2D eigenvalue weighted by Gasteiger charge is -2.35. The third-order valence-corrected chi connectivity index (χ3v) is 15.3. The number of thiazole rings is 1. The second-order valence-corrected chi connectivity index (χ2v) is 21.7. The number of anilines is 3. The molecule has 6 aromatic rings. The summed E-state index contributed by atoms with van der Waals surface area (Å²) in [5.41, 5.74) is 5.29. The number of benzene rings is 4. The summed E-state index contributed by atoms with van der Waals surface area (Å²) in [4.78, 5) is 81.1. The lowest BCUT2D eigenvalue weighted by atomic mass is 9.85. The average Bonchev–Trinajstić information content (AvgIpc) is 3.99. The number of pyridine rings is 1. The van der Waals surface area contributed by atoms with Crippen molar-refractivity contribution in [3.63, 3.8) is 0 Å². The van der Waals surface area contributed by atoms with E-state index in [1.165, 1.54) is 29.2 Å². The summed E-state index contributed by atoms with van der Waals surface area (Å²) < 4.78 is 31.5. The Balaban J connectivity index is 0.740. The molecule has 1 saturated carbocycles. The molecule has 5 N–H and O–H groups in total. The molecule has 4 heterocycles. The second kappa shape index (κ2) is 22.8. The maximum atomic E-state index is 14.2. The zero-order valence-corrected chi connectivity index (χ0v) is 44.0. The zero-order valence-electron chi connectivity index (χ0n) is 43.2. The Morgan fingerprint density at radius 2 is 1.55 bits per heavy atom. The van der Waals surface area contributed by atoms with Crippen LogP contribution in [-0.2, 0) is 35.3 Å². The standard InChI is InChI=1S/C57H63FN8O9S/c1-34-50(76-33-61-34)37-8-6-35(7-9-37)29-60-52(69)46-26-41(67)30-66(46)53(70)51(56(2,3)4)64-49(68)32-74-31-36-19-24-65(25-20-36)45-28-44-43(27-48(45)73-5)47(18-23-59-44)75-42-16-14-40(15-17-42)63-55(72)57(21-22-57)54(71)62-39-12-10-38(58)11-13-39/h6-18,23,27-28,33,36,41,46,51,67H,19-22,24-26,29-32H2,1-5H3,(H,60,69)(H,62,71)(H,63,72)(H,64,68)/t41-,46+,51-/m1/s1. The van der Waals surface area contributed by atoms with Crippen molar-refractivity contribution >= 4 is 68.8 Å². The predicted molar refractivity (Wildman–Crippen MR) is 288 cm³/mol. The van der Waals surface area contributed by atoms with Crippen LogP contribution < -0.4 is 35.6 Å². The first-order chi connectivity index (χ1) is 36.5. The van der Waals surface area contributed by atoms with E-state index in [9.17, 15) is 33.5 Å². The summed E-state index contributed by atoms with van der Waals surface area (Å²) in [6, 6.07) is 23.9. The van der Waals surface area contributed by atoms with Gasteiger partial charge in [0.2, 0.25) is 29.5 Å². The van der Waals surface area contributed by atoms with Crippen molar-refractivity contribution in [3.05, 3.63) is 120 Å². The third-order valence-electron chi connectivity index (χ3n) is 14.3. The first kappa shape index (κ1) is 53.3. The lowest BCUT2D eigenvalue weighted by Crippen LogP contribution is -2.58. The summed E-state index contributed by atoms with van der Waals surface area (Å²) in [6.45, 7) is 9.25. The Morgan fingerprint density at radius 3 is 2.17 bits per heavy atom. The van der Waals surface area contributed by atoms with Crippen molar-refractivity contribution in [1.29, 1.82) is 0 Å². The molecule has 17 nitrogen and oxygen atoms in total. The molecule has 1 aliphatic carbocycles. The molecule has 9 rings (SSSR count). The van der Waals surface area contributed by atoms with E-state index < -0.39 is 58.5 Å². The molecule has 3 aliphatic rings. The summed E-state index contributed by atoms with van der Waals surface area (Å²) in [5, 5.41) is 22.8. The van der Waals surface area contributed by atoms with E-state index in [0.717, 1.165) is 45.6 Å². The van der Waals surface area contributed by atoms with Gasteiger partial charge in [0, 0.05) is 55.6 Å². The van der Waals surface area contributed by atoms with E-state index in [1.807, 2.05) is 69.6 Å². The molecule has 3 atom stereocenters. The highest BCUT2D eigenvalue weighted by atomic mass is 32.1. The fraction of sp³-hybridized carbons (Fsp3) is 0.386. The number of aromatic nitrogens is 2. The van der Waals surface area contributed by atoms with E-state index in [0.29, 0.717) is 66.7 Å². The summed E-state index contributed by atoms with van der Waals surface area (Å²) in [6.07, 6.45) is 3.28. The molecule has 19 heteroatoms. The van der Waals surface area contributed by atoms with Crippen molar-refractivity contribution in [1.82, 2.24) is 25.5 Å². The van der Waals surface area contributed by atoms with Gasteiger partial charge in [0.25, 0.3) is 0 Å². The molecule has 0 unspecified atom stereocenters. The molecule has 398 valence electrons. The summed E-state index contributed by atoms with van der Waals surface area (Å²) >= 11 is 1.57. The van der Waals surface area contributed by atoms with Crippen LogP contribution in [-0.4, -0.2) is 108 Å². The minimum absolute atomic E-state index is 0.0234. The number of amides is 5. The maximum absolute atomic E-state index is 14.2. The van der Waals surface area contributed by atoms with Crippen LogP contribution in [0.1, 0.15) is 64.1 Å². The molecule has 0 bridgehead atoms. The molecular formula is C57H63FN8O9S. The van der Waals surface area contributed by atoms with Gasteiger partial charge in [0.15, 0.2) is 0 Å². The topological polar surface area (TPSA) is 214 Å². The first-order valence-electron chi connectivity index (χ1n) is 25.5. The van der Waals surface area contributed by atoms with Gasteiger partial charge in [-0.15, -0.1) is 11.3 Å². The number of hydrogen-bond donors (Lipinski definition) is 5. The normalized spacial score (nSPS) is 17.7. The number of fused-ring (bicyclic) bond motifs is 1. The number of nitrogens with one attached hydrogen (secondary N) is 4. The van der Waals surface area contributed by atoms with Gasteiger partial charge in [0.1, 0.15) is 47.2 Å². The number of likely N-dealkylation sites (tertiary alicyclic amines) is 1. The molecule has 5 amide bonds. The largest absolute Gasteiger partial charge is 0.495 e. The maximum Gasteiger partial charge on any atom is 0.246 e. The zero-order chi connectivity index (χ0) is 53.7. The number of rotatable bonds is 18. The Bertz CT molecular complexity index is 3080. The number of aliphatic hydroxyl groups excluding tert-OH is 1. The Morgan fingerprint density at radius 1 is 0.882 bits per heavy atom. The number of β-amino-alcohol motifs (C(OH)–C–C–N with tert-alkyl or cyclic N) is 1. The number of carbonyl (C=O) groups excluding carboxylic acids is 5. The number of aryl methyl sites for hydroxylation is 1. The van der Waals surface area contributed by atoms with E-state index >= 15 is 0 Å². The van der Waals surface area contributed by atoms with E-state index in [1.54, 1.807) is 55.0 Å². The average molecular weight is 1060 g/mol. The fourth-order valence-corrected chi connectivity index (χ4v) is 10.5. The van der Waals surface area contributed by atoms with Crippen LogP contribution in [0.4, 0.5) is 21.5 Å². The van der Waals surface area contributed by atoms with Gasteiger partial charge in [-0.3, -0.25) is 29.0 Å². The molecule has 3 fully saturated rings. The van der Waals surface area contributed by atoms with Crippen molar-refractivity contribution in [2.24, 2.45) is 16.7 Å². The Hall–Kier alpha value is -7.48. The third kappa shape index (κ3) is 12.3. The van der Waals surface area contributed by atoms with E-state index in [2.05, 4.69) is 36.1 Å². The minimum Gasteiger partial charge on any atom is -0.495 e. The molecule has 2 aromatic heterocycles. The van der Waals surface area contributed by atoms with Crippen LogP contribution in [0.25, 0.3) is 21.3 Å². The van der Waals surface area contributed by atoms with Crippen LogP contribution in [0.15, 0.2) is 103 Å². The monoisotopic (exact) mass is 1050 g/mol. The number of nitrogens with zero attached hydrogens (tertiary/aromatic N) is 4. The van der Waals surface area contributed by atoms with Crippen molar-refractivity contribution in [2.45, 2.75) is 84.5 Å². The van der Waals surface area contributed by atoms with Crippen LogP contribution >= 0.6 is 11.3 Å². The SMILES string of the molecule is COc1cc2c(Oc3ccc(NC(=O)C4(C(=O)Nc5ccc(F)cc5)CC4)cc3)ccnc2cc1N1CCC(COCC(=O)N[C@H](C(=O)N2C[C@H](O)C[C@H]2C(=O)NCc2ccc(-c3scnc3C)cc2)C(C)(C)C)CC1. The molecule has 76 heavy (non-hydrogen) atoms. The number of aliphatic hydroxyl groups is 1. The highest BCUT2D eigenvalue weighted by Crippen LogP contribution is 2.48. The van der Waals surface area contributed by atoms with Crippen molar-refractivity contribution in [3.8, 4) is 27.7 Å². The second-order valence-electron chi connectivity index (χ2n) is 20.9. The lowest BCUT2D eigenvalue weighted by molar-refractivity contribution is -0.144.